The lowest BCUT2D eigenvalue weighted by molar-refractivity contribution is -0.136. The van der Waals surface area contributed by atoms with Crippen LogP contribution in [0.25, 0.3) is 6.08 Å². The van der Waals surface area contributed by atoms with E-state index in [9.17, 15) is 9.59 Å². The number of hydrogen-bond donors (Lipinski definition) is 1. The number of Topliss-reactive ketones (excluding diaryl/α,β-unsaturated/α-hetero) is 1. The van der Waals surface area contributed by atoms with Crippen LogP contribution in [-0.2, 0) is 9.59 Å². The van der Waals surface area contributed by atoms with E-state index in [4.69, 9.17) is 5.11 Å². The monoisotopic (exact) mass is 282 g/mol. The van der Waals surface area contributed by atoms with Gasteiger partial charge in [0.2, 0.25) is 0 Å². The molecule has 0 atom stereocenters. The van der Waals surface area contributed by atoms with Gasteiger partial charge in [0.15, 0.2) is 5.78 Å². The Kier molecular flexibility index (Phi) is 4.43. The summed E-state index contributed by atoms with van der Waals surface area (Å²) in [6.45, 7) is 1.37. The predicted octanol–water partition coefficient (Wildman–Crippen LogP) is 2.90. The third-order valence-electron chi connectivity index (χ3n) is 2.00. The topological polar surface area (TPSA) is 54.4 Å². The minimum Gasteiger partial charge on any atom is -0.481 e. The van der Waals surface area contributed by atoms with Gasteiger partial charge in [0.25, 0.3) is 0 Å². The molecule has 16 heavy (non-hydrogen) atoms. The van der Waals surface area contributed by atoms with E-state index in [1.54, 1.807) is 6.08 Å². The van der Waals surface area contributed by atoms with Crippen molar-refractivity contribution in [3.63, 3.8) is 0 Å². The SMILES string of the molecule is CC(=O)/C(=C/c1ccc(Br)cc1)CC(=O)O. The summed E-state index contributed by atoms with van der Waals surface area (Å²) in [6.07, 6.45) is 1.36. The molecular weight excluding hydrogens is 272 g/mol. The van der Waals surface area contributed by atoms with Crippen molar-refractivity contribution in [2.45, 2.75) is 13.3 Å². The molecule has 1 rings (SSSR count). The molecule has 0 spiro atoms. The van der Waals surface area contributed by atoms with E-state index in [1.165, 1.54) is 6.92 Å². The minimum atomic E-state index is -1.00. The largest absolute Gasteiger partial charge is 0.481 e. The number of carboxylic acids is 1. The molecule has 0 saturated heterocycles. The second-order valence-corrected chi connectivity index (χ2v) is 4.26. The molecule has 0 radical (unpaired) electrons. The zero-order chi connectivity index (χ0) is 12.1. The first-order chi connectivity index (χ1) is 7.49. The van der Waals surface area contributed by atoms with Gasteiger partial charge in [0.1, 0.15) is 0 Å². The molecule has 1 aromatic carbocycles. The van der Waals surface area contributed by atoms with Gasteiger partial charge < -0.3 is 5.11 Å². The minimum absolute atomic E-state index is 0.217. The highest BCUT2D eigenvalue weighted by Crippen LogP contribution is 2.15. The van der Waals surface area contributed by atoms with Crippen molar-refractivity contribution in [3.8, 4) is 0 Å². The lowest BCUT2D eigenvalue weighted by atomic mass is 10.1. The van der Waals surface area contributed by atoms with E-state index >= 15 is 0 Å². The van der Waals surface area contributed by atoms with Gasteiger partial charge in [-0.15, -0.1) is 0 Å². The Labute approximate surface area is 102 Å². The average molecular weight is 283 g/mol. The summed E-state index contributed by atoms with van der Waals surface area (Å²) in [6, 6.07) is 7.30. The second-order valence-electron chi connectivity index (χ2n) is 3.35. The molecule has 4 heteroatoms. The number of aliphatic carboxylic acids is 1. The highest BCUT2D eigenvalue weighted by atomic mass is 79.9. The number of rotatable bonds is 4. The van der Waals surface area contributed by atoms with Crippen molar-refractivity contribution in [2.75, 3.05) is 0 Å². The van der Waals surface area contributed by atoms with Gasteiger partial charge in [-0.1, -0.05) is 28.1 Å². The van der Waals surface area contributed by atoms with Gasteiger partial charge in [-0.3, -0.25) is 9.59 Å². The molecule has 1 aromatic rings. The highest BCUT2D eigenvalue weighted by molar-refractivity contribution is 9.10. The summed E-state index contributed by atoms with van der Waals surface area (Å²) in [5.74, 6) is -1.22. The van der Waals surface area contributed by atoms with Gasteiger partial charge in [0.05, 0.1) is 6.42 Å². The normalized spacial score (nSPS) is 11.2. The maximum absolute atomic E-state index is 11.2. The van der Waals surface area contributed by atoms with Crippen LogP contribution in [-0.4, -0.2) is 16.9 Å². The Morgan fingerprint density at radius 2 is 1.88 bits per heavy atom. The van der Waals surface area contributed by atoms with Crippen molar-refractivity contribution in [1.29, 1.82) is 0 Å². The molecule has 0 aliphatic heterocycles. The van der Waals surface area contributed by atoms with Crippen LogP contribution in [0.15, 0.2) is 34.3 Å². The molecule has 84 valence electrons. The number of ketones is 1. The summed E-state index contributed by atoms with van der Waals surface area (Å²) in [5.41, 5.74) is 1.12. The predicted molar refractivity (Wildman–Crippen MR) is 65.1 cm³/mol. The molecule has 0 amide bonds. The maximum atomic E-state index is 11.2. The molecule has 0 fully saturated rings. The first kappa shape index (κ1) is 12.6. The maximum Gasteiger partial charge on any atom is 0.307 e. The first-order valence-corrected chi connectivity index (χ1v) is 5.47. The quantitative estimate of drug-likeness (QED) is 0.864. The summed E-state index contributed by atoms with van der Waals surface area (Å²) in [7, 11) is 0. The third-order valence-corrected chi connectivity index (χ3v) is 2.53. The standard InChI is InChI=1S/C12H11BrO3/c1-8(14)10(7-12(15)16)6-9-2-4-11(13)5-3-9/h2-6H,7H2,1H3,(H,15,16)/b10-6+. The molecular formula is C12H11BrO3. The molecule has 3 nitrogen and oxygen atoms in total. The van der Waals surface area contributed by atoms with Crippen molar-refractivity contribution < 1.29 is 14.7 Å². The fraction of sp³-hybridized carbons (Fsp3) is 0.167. The molecule has 1 N–H and O–H groups in total. The Balaban J connectivity index is 2.97. The number of hydrogen-bond acceptors (Lipinski definition) is 2. The van der Waals surface area contributed by atoms with Gasteiger partial charge in [-0.25, -0.2) is 0 Å². The zero-order valence-electron chi connectivity index (χ0n) is 8.74. The number of carboxylic acid groups (broad SMARTS) is 1. The van der Waals surface area contributed by atoms with E-state index in [-0.39, 0.29) is 12.2 Å². The number of carbonyl (C=O) groups excluding carboxylic acids is 1. The fourth-order valence-electron chi connectivity index (χ4n) is 1.20. The molecule has 0 heterocycles. The molecule has 0 saturated carbocycles. The molecule has 0 unspecified atom stereocenters. The van der Waals surface area contributed by atoms with Crippen LogP contribution in [0.3, 0.4) is 0 Å². The van der Waals surface area contributed by atoms with Gasteiger partial charge in [0, 0.05) is 10.0 Å². The Morgan fingerprint density at radius 3 is 2.31 bits per heavy atom. The van der Waals surface area contributed by atoms with Crippen LogP contribution in [0.4, 0.5) is 0 Å². The first-order valence-electron chi connectivity index (χ1n) is 4.68. The molecule has 0 bridgehead atoms. The smallest absolute Gasteiger partial charge is 0.307 e. The van der Waals surface area contributed by atoms with Gasteiger partial charge in [-0.2, -0.15) is 0 Å². The summed E-state index contributed by atoms with van der Waals surface area (Å²) >= 11 is 3.30. The summed E-state index contributed by atoms with van der Waals surface area (Å²) in [5, 5.41) is 8.65. The summed E-state index contributed by atoms with van der Waals surface area (Å²) in [4.78, 5) is 21.8. The lowest BCUT2D eigenvalue weighted by Crippen LogP contribution is -2.04. The van der Waals surface area contributed by atoms with Crippen LogP contribution in [0.2, 0.25) is 0 Å². The van der Waals surface area contributed by atoms with E-state index in [0.717, 1.165) is 10.0 Å². The van der Waals surface area contributed by atoms with E-state index < -0.39 is 5.97 Å². The van der Waals surface area contributed by atoms with Crippen molar-refractivity contribution in [3.05, 3.63) is 39.9 Å². The van der Waals surface area contributed by atoms with Gasteiger partial charge in [-0.05, 0) is 30.7 Å². The molecule has 0 aliphatic carbocycles. The van der Waals surface area contributed by atoms with Crippen LogP contribution in [0.1, 0.15) is 18.9 Å². The highest BCUT2D eigenvalue weighted by Gasteiger charge is 2.08. The van der Waals surface area contributed by atoms with Crippen LogP contribution in [0.5, 0.6) is 0 Å². The van der Waals surface area contributed by atoms with Gasteiger partial charge >= 0.3 is 5.97 Å². The Bertz CT molecular complexity index is 432. The molecule has 0 aromatic heterocycles. The number of carbonyl (C=O) groups is 2. The fourth-order valence-corrected chi connectivity index (χ4v) is 1.46. The van der Waals surface area contributed by atoms with Crippen molar-refractivity contribution in [1.82, 2.24) is 0 Å². The number of benzene rings is 1. The Morgan fingerprint density at radius 1 is 1.31 bits per heavy atom. The van der Waals surface area contributed by atoms with Crippen molar-refractivity contribution >= 4 is 33.8 Å². The Hall–Kier alpha value is -1.42. The zero-order valence-corrected chi connectivity index (χ0v) is 10.3. The second kappa shape index (κ2) is 5.61. The van der Waals surface area contributed by atoms with E-state index in [0.29, 0.717) is 5.57 Å². The van der Waals surface area contributed by atoms with E-state index in [1.807, 2.05) is 24.3 Å². The lowest BCUT2D eigenvalue weighted by Gasteiger charge is -2.00. The third kappa shape index (κ3) is 3.98. The summed E-state index contributed by atoms with van der Waals surface area (Å²) < 4.78 is 0.937. The van der Waals surface area contributed by atoms with Crippen LogP contribution in [0, 0.1) is 0 Å². The van der Waals surface area contributed by atoms with Crippen LogP contribution >= 0.6 is 15.9 Å². The van der Waals surface area contributed by atoms with E-state index in [2.05, 4.69) is 15.9 Å². The number of halogens is 1. The average Bonchev–Trinajstić information content (AvgIpc) is 2.19. The van der Waals surface area contributed by atoms with Crippen molar-refractivity contribution in [2.24, 2.45) is 0 Å². The van der Waals surface area contributed by atoms with Crippen LogP contribution < -0.4 is 0 Å². The molecule has 0 aliphatic rings.